The molecule has 1 N–H and O–H groups in total. The van der Waals surface area contributed by atoms with Crippen LogP contribution < -0.4 is 5.32 Å². The summed E-state index contributed by atoms with van der Waals surface area (Å²) in [5.74, 6) is 0.824. The predicted octanol–water partition coefficient (Wildman–Crippen LogP) is 2.31. The van der Waals surface area contributed by atoms with E-state index in [1.54, 1.807) is 18.3 Å². The van der Waals surface area contributed by atoms with Gasteiger partial charge in [0.25, 0.3) is 0 Å². The van der Waals surface area contributed by atoms with Gasteiger partial charge < -0.3 is 24.1 Å². The normalized spacial score (nSPS) is 19.6. The van der Waals surface area contributed by atoms with Crippen LogP contribution in [0.15, 0.2) is 16.7 Å². The Morgan fingerprint density at radius 3 is 2.95 bits per heavy atom. The molecular weight excluding hydrogens is 272 g/mol. The Morgan fingerprint density at radius 2 is 2.29 bits per heavy atom. The summed E-state index contributed by atoms with van der Waals surface area (Å²) in [6, 6.07) is 1.86. The third-order valence-electron chi connectivity index (χ3n) is 3.22. The summed E-state index contributed by atoms with van der Waals surface area (Å²) in [5, 5.41) is 3.37. The second kappa shape index (κ2) is 6.49. The summed E-state index contributed by atoms with van der Waals surface area (Å²) < 4.78 is 16.2. The van der Waals surface area contributed by atoms with Crippen molar-refractivity contribution >= 4 is 6.09 Å². The fourth-order valence-corrected chi connectivity index (χ4v) is 2.35. The van der Waals surface area contributed by atoms with Crippen molar-refractivity contribution in [2.45, 2.75) is 39.0 Å². The van der Waals surface area contributed by atoms with Gasteiger partial charge in [0, 0.05) is 32.3 Å². The van der Waals surface area contributed by atoms with Gasteiger partial charge in [-0.15, -0.1) is 0 Å². The van der Waals surface area contributed by atoms with Crippen molar-refractivity contribution in [1.82, 2.24) is 10.2 Å². The summed E-state index contributed by atoms with van der Waals surface area (Å²) in [5.41, 5.74) is 0.518. The SMILES string of the molecule is COCc1ccoc1C1CN(C(=O)OC(C)(C)C)CCN1. The number of rotatable bonds is 3. The molecule has 0 spiro atoms. The van der Waals surface area contributed by atoms with Gasteiger partial charge in [0.1, 0.15) is 11.4 Å². The zero-order valence-corrected chi connectivity index (χ0v) is 13.1. The number of piperazine rings is 1. The molecule has 0 saturated carbocycles. The van der Waals surface area contributed by atoms with Gasteiger partial charge in [-0.1, -0.05) is 0 Å². The molecule has 118 valence electrons. The van der Waals surface area contributed by atoms with E-state index >= 15 is 0 Å². The van der Waals surface area contributed by atoms with Crippen LogP contribution in [0, 0.1) is 0 Å². The summed E-state index contributed by atoms with van der Waals surface area (Å²) >= 11 is 0. The van der Waals surface area contributed by atoms with E-state index in [0.29, 0.717) is 26.2 Å². The van der Waals surface area contributed by atoms with Crippen molar-refractivity contribution in [2.24, 2.45) is 0 Å². The minimum atomic E-state index is -0.483. The second-order valence-electron chi connectivity index (χ2n) is 6.18. The number of ether oxygens (including phenoxy) is 2. The molecular formula is C15H24N2O4. The van der Waals surface area contributed by atoms with Crippen LogP contribution in [0.2, 0.25) is 0 Å². The third-order valence-corrected chi connectivity index (χ3v) is 3.22. The number of methoxy groups -OCH3 is 1. The molecule has 0 aromatic carbocycles. The Balaban J connectivity index is 2.03. The molecule has 1 aromatic rings. The van der Waals surface area contributed by atoms with Crippen molar-refractivity contribution in [3.8, 4) is 0 Å². The molecule has 6 nitrogen and oxygen atoms in total. The topological polar surface area (TPSA) is 63.9 Å². The number of hydrogen-bond acceptors (Lipinski definition) is 5. The van der Waals surface area contributed by atoms with Crippen molar-refractivity contribution in [3.05, 3.63) is 23.7 Å². The molecule has 2 rings (SSSR count). The maximum Gasteiger partial charge on any atom is 0.410 e. The zero-order chi connectivity index (χ0) is 15.5. The van der Waals surface area contributed by atoms with Crippen LogP contribution in [0.25, 0.3) is 0 Å². The first-order chi connectivity index (χ1) is 9.90. The molecule has 6 heteroatoms. The van der Waals surface area contributed by atoms with Gasteiger partial charge in [0.2, 0.25) is 0 Å². The highest BCUT2D eigenvalue weighted by molar-refractivity contribution is 5.68. The summed E-state index contributed by atoms with van der Waals surface area (Å²) in [6.07, 6.45) is 1.37. The molecule has 0 aliphatic carbocycles. The van der Waals surface area contributed by atoms with Crippen molar-refractivity contribution in [2.75, 3.05) is 26.7 Å². The van der Waals surface area contributed by atoms with Crippen LogP contribution in [0.3, 0.4) is 0 Å². The average molecular weight is 296 g/mol. The molecule has 1 aliphatic rings. The molecule has 1 aromatic heterocycles. The van der Waals surface area contributed by atoms with Crippen LogP contribution >= 0.6 is 0 Å². The van der Waals surface area contributed by atoms with E-state index in [0.717, 1.165) is 11.3 Å². The Hall–Kier alpha value is -1.53. The molecule has 1 fully saturated rings. The molecule has 0 bridgehead atoms. The van der Waals surface area contributed by atoms with Crippen LogP contribution in [-0.2, 0) is 16.1 Å². The van der Waals surface area contributed by atoms with E-state index in [1.165, 1.54) is 0 Å². The Kier molecular flexibility index (Phi) is 4.90. The highest BCUT2D eigenvalue weighted by Gasteiger charge is 2.30. The fraction of sp³-hybridized carbons (Fsp3) is 0.667. The molecule has 1 unspecified atom stereocenters. The van der Waals surface area contributed by atoms with E-state index in [2.05, 4.69) is 5.32 Å². The summed E-state index contributed by atoms with van der Waals surface area (Å²) in [4.78, 5) is 13.9. The molecule has 1 atom stereocenters. The standard InChI is InChI=1S/C15H24N2O4/c1-15(2,3)21-14(18)17-7-6-16-12(9-17)13-11(10-19-4)5-8-20-13/h5,8,12,16H,6-7,9-10H2,1-4H3. The molecule has 1 amide bonds. The number of nitrogens with one attached hydrogen (secondary N) is 1. The first kappa shape index (κ1) is 15.9. The first-order valence-electron chi connectivity index (χ1n) is 7.17. The molecule has 1 saturated heterocycles. The van der Waals surface area contributed by atoms with Crippen LogP contribution in [0.4, 0.5) is 4.79 Å². The van der Waals surface area contributed by atoms with Gasteiger partial charge in [-0.05, 0) is 26.8 Å². The number of carbonyl (C=O) groups is 1. The number of hydrogen-bond donors (Lipinski definition) is 1. The minimum absolute atomic E-state index is 0.0357. The fourth-order valence-electron chi connectivity index (χ4n) is 2.35. The van der Waals surface area contributed by atoms with Crippen LogP contribution in [-0.4, -0.2) is 43.3 Å². The minimum Gasteiger partial charge on any atom is -0.467 e. The largest absolute Gasteiger partial charge is 0.467 e. The van der Waals surface area contributed by atoms with Crippen molar-refractivity contribution < 1.29 is 18.7 Å². The van der Waals surface area contributed by atoms with Gasteiger partial charge >= 0.3 is 6.09 Å². The maximum atomic E-state index is 12.2. The smallest absolute Gasteiger partial charge is 0.410 e. The van der Waals surface area contributed by atoms with Crippen molar-refractivity contribution in [3.63, 3.8) is 0 Å². The highest BCUT2D eigenvalue weighted by atomic mass is 16.6. The molecule has 21 heavy (non-hydrogen) atoms. The maximum absolute atomic E-state index is 12.2. The highest BCUT2D eigenvalue weighted by Crippen LogP contribution is 2.24. The van der Waals surface area contributed by atoms with Gasteiger partial charge in [-0.25, -0.2) is 4.79 Å². The van der Waals surface area contributed by atoms with E-state index < -0.39 is 5.60 Å². The Bertz CT molecular complexity index is 478. The second-order valence-corrected chi connectivity index (χ2v) is 6.18. The average Bonchev–Trinajstić information content (AvgIpc) is 2.86. The Morgan fingerprint density at radius 1 is 1.52 bits per heavy atom. The van der Waals surface area contributed by atoms with Gasteiger partial charge in [0.15, 0.2) is 0 Å². The van der Waals surface area contributed by atoms with E-state index in [4.69, 9.17) is 13.9 Å². The number of nitrogens with zero attached hydrogens (tertiary/aromatic N) is 1. The quantitative estimate of drug-likeness (QED) is 0.927. The number of furan rings is 1. The van der Waals surface area contributed by atoms with E-state index in [-0.39, 0.29) is 12.1 Å². The molecule has 1 aliphatic heterocycles. The Labute approximate surface area is 125 Å². The first-order valence-corrected chi connectivity index (χ1v) is 7.17. The molecule has 2 heterocycles. The lowest BCUT2D eigenvalue weighted by Crippen LogP contribution is -2.49. The van der Waals surface area contributed by atoms with Crippen molar-refractivity contribution in [1.29, 1.82) is 0 Å². The van der Waals surface area contributed by atoms with Gasteiger partial charge in [-0.3, -0.25) is 0 Å². The van der Waals surface area contributed by atoms with Gasteiger partial charge in [-0.2, -0.15) is 0 Å². The number of amides is 1. The van der Waals surface area contributed by atoms with Gasteiger partial charge in [0.05, 0.1) is 18.9 Å². The summed E-state index contributed by atoms with van der Waals surface area (Å²) in [7, 11) is 1.65. The lowest BCUT2D eigenvalue weighted by molar-refractivity contribution is 0.0187. The number of carbonyl (C=O) groups excluding carboxylic acids is 1. The van der Waals surface area contributed by atoms with E-state index in [1.807, 2.05) is 26.8 Å². The predicted molar refractivity (Wildman–Crippen MR) is 78.0 cm³/mol. The third kappa shape index (κ3) is 4.22. The van der Waals surface area contributed by atoms with E-state index in [9.17, 15) is 4.79 Å². The van der Waals surface area contributed by atoms with Crippen LogP contribution in [0.1, 0.15) is 38.1 Å². The monoisotopic (exact) mass is 296 g/mol. The van der Waals surface area contributed by atoms with Crippen LogP contribution in [0.5, 0.6) is 0 Å². The lowest BCUT2D eigenvalue weighted by Gasteiger charge is -2.34. The summed E-state index contributed by atoms with van der Waals surface area (Å²) in [6.45, 7) is 7.97. The zero-order valence-electron chi connectivity index (χ0n) is 13.1. The lowest BCUT2D eigenvalue weighted by atomic mass is 10.1. The molecule has 0 radical (unpaired) electrons.